The van der Waals surface area contributed by atoms with E-state index >= 15 is 0 Å². The number of aliphatic imine (C=N–C) groups is 1. The van der Waals surface area contributed by atoms with Crippen molar-refractivity contribution in [2.45, 2.75) is 18.9 Å². The number of anilines is 1. The van der Waals surface area contributed by atoms with Gasteiger partial charge in [-0.15, -0.1) is 0 Å². The number of carbonyl (C=O) groups excluding carboxylic acids is 1. The monoisotopic (exact) mass is 387 g/mol. The van der Waals surface area contributed by atoms with E-state index in [0.29, 0.717) is 22.1 Å². The van der Waals surface area contributed by atoms with Crippen molar-refractivity contribution >= 4 is 29.2 Å². The molecule has 0 atom stereocenters. The first-order valence-electron chi connectivity index (χ1n) is 8.65. The molecule has 1 aliphatic rings. The van der Waals surface area contributed by atoms with Gasteiger partial charge in [0.25, 0.3) is 5.91 Å². The number of rotatable bonds is 4. The molecule has 2 aromatic carbocycles. The lowest BCUT2D eigenvalue weighted by Crippen LogP contribution is -2.39. The molecule has 0 bridgehead atoms. The van der Waals surface area contributed by atoms with Gasteiger partial charge in [-0.1, -0.05) is 23.7 Å². The number of ether oxygens (including phenoxy) is 1. The smallest absolute Gasteiger partial charge is 0.280 e. The van der Waals surface area contributed by atoms with E-state index in [2.05, 4.69) is 9.89 Å². The molecule has 142 valence electrons. The predicted molar refractivity (Wildman–Crippen MR) is 108 cm³/mol. The quantitative estimate of drug-likeness (QED) is 0.547. The summed E-state index contributed by atoms with van der Waals surface area (Å²) in [6.45, 7) is 1.53. The third-order valence-corrected chi connectivity index (χ3v) is 4.69. The maximum atomic E-state index is 12.2. The maximum Gasteiger partial charge on any atom is 0.280 e. The summed E-state index contributed by atoms with van der Waals surface area (Å²) in [5.41, 5.74) is 17.8. The Hall–Kier alpha value is -2.77. The number of guanidine groups is 1. The van der Waals surface area contributed by atoms with Crippen LogP contribution in [0.1, 0.15) is 23.2 Å². The fourth-order valence-corrected chi connectivity index (χ4v) is 3.13. The summed E-state index contributed by atoms with van der Waals surface area (Å²) in [7, 11) is 0. The molecule has 27 heavy (non-hydrogen) atoms. The van der Waals surface area contributed by atoms with E-state index in [1.165, 1.54) is 0 Å². The van der Waals surface area contributed by atoms with Crippen LogP contribution in [0.5, 0.6) is 11.5 Å². The van der Waals surface area contributed by atoms with Crippen LogP contribution in [0.15, 0.2) is 47.5 Å². The van der Waals surface area contributed by atoms with Crippen molar-refractivity contribution < 1.29 is 9.53 Å². The highest BCUT2D eigenvalue weighted by Crippen LogP contribution is 2.37. The SMILES string of the molecule is NC(N)=NC(=O)c1ccc(Oc2ccccc2Cl)c(N2CCC(N)CC2)c1. The molecule has 7 nitrogen and oxygen atoms in total. The van der Waals surface area contributed by atoms with Gasteiger partial charge in [0.05, 0.1) is 10.7 Å². The Balaban J connectivity index is 1.97. The molecular formula is C19H22ClN5O2. The van der Waals surface area contributed by atoms with E-state index in [1.54, 1.807) is 30.3 Å². The van der Waals surface area contributed by atoms with Crippen LogP contribution in [-0.2, 0) is 0 Å². The number of piperidine rings is 1. The number of benzene rings is 2. The summed E-state index contributed by atoms with van der Waals surface area (Å²) in [5, 5.41) is 0.504. The average molecular weight is 388 g/mol. The number of nitrogens with zero attached hydrogens (tertiary/aromatic N) is 2. The second-order valence-electron chi connectivity index (χ2n) is 6.38. The number of carbonyl (C=O) groups is 1. The molecule has 1 fully saturated rings. The minimum atomic E-state index is -0.505. The molecule has 1 heterocycles. The predicted octanol–water partition coefficient (Wildman–Crippen LogP) is 2.47. The van der Waals surface area contributed by atoms with Gasteiger partial charge in [0, 0.05) is 24.7 Å². The first-order valence-corrected chi connectivity index (χ1v) is 9.03. The fraction of sp³-hybridized carbons (Fsp3) is 0.263. The third-order valence-electron chi connectivity index (χ3n) is 4.37. The van der Waals surface area contributed by atoms with Crippen LogP contribution in [-0.4, -0.2) is 31.0 Å². The molecule has 0 saturated carbocycles. The van der Waals surface area contributed by atoms with Gasteiger partial charge in [-0.3, -0.25) is 4.79 Å². The van der Waals surface area contributed by atoms with Crippen molar-refractivity contribution in [3.63, 3.8) is 0 Å². The van der Waals surface area contributed by atoms with E-state index in [9.17, 15) is 4.79 Å². The average Bonchev–Trinajstić information content (AvgIpc) is 2.64. The number of hydrogen-bond acceptors (Lipinski definition) is 4. The van der Waals surface area contributed by atoms with Crippen LogP contribution in [0.4, 0.5) is 5.69 Å². The van der Waals surface area contributed by atoms with Gasteiger partial charge >= 0.3 is 0 Å². The van der Waals surface area contributed by atoms with Crippen molar-refractivity contribution in [3.05, 3.63) is 53.1 Å². The Bertz CT molecular complexity index is 859. The number of amides is 1. The maximum absolute atomic E-state index is 12.2. The molecule has 0 aliphatic carbocycles. The first kappa shape index (κ1) is 19.0. The van der Waals surface area contributed by atoms with E-state index in [-0.39, 0.29) is 12.0 Å². The molecule has 0 unspecified atom stereocenters. The summed E-state index contributed by atoms with van der Waals surface area (Å²) in [4.78, 5) is 18.0. The first-order chi connectivity index (χ1) is 12.9. The van der Waals surface area contributed by atoms with Crippen LogP contribution in [0.3, 0.4) is 0 Å². The molecule has 3 rings (SSSR count). The Morgan fingerprint density at radius 3 is 2.48 bits per heavy atom. The molecule has 6 N–H and O–H groups in total. The van der Waals surface area contributed by atoms with Crippen LogP contribution in [0.25, 0.3) is 0 Å². The van der Waals surface area contributed by atoms with E-state index in [0.717, 1.165) is 31.6 Å². The van der Waals surface area contributed by atoms with Crippen LogP contribution >= 0.6 is 11.6 Å². The van der Waals surface area contributed by atoms with Crippen LogP contribution in [0.2, 0.25) is 5.02 Å². The molecule has 0 aromatic heterocycles. The van der Waals surface area contributed by atoms with Crippen molar-refractivity contribution in [1.82, 2.24) is 0 Å². The van der Waals surface area contributed by atoms with Gasteiger partial charge < -0.3 is 26.8 Å². The summed E-state index contributed by atoms with van der Waals surface area (Å²) in [6.07, 6.45) is 1.72. The lowest BCUT2D eigenvalue weighted by molar-refractivity contribution is 0.100. The minimum absolute atomic E-state index is 0.181. The van der Waals surface area contributed by atoms with Crippen LogP contribution in [0, 0.1) is 0 Å². The molecule has 0 spiro atoms. The van der Waals surface area contributed by atoms with Crippen molar-refractivity contribution in [2.75, 3.05) is 18.0 Å². The van der Waals surface area contributed by atoms with E-state index in [4.69, 9.17) is 33.5 Å². The lowest BCUT2D eigenvalue weighted by atomic mass is 10.0. The summed E-state index contributed by atoms with van der Waals surface area (Å²) in [5.74, 6) is 0.355. The normalized spacial score (nSPS) is 14.7. The standard InChI is InChI=1S/C19H22ClN5O2/c20-14-3-1-2-4-16(14)27-17-6-5-12(18(26)24-19(22)23)11-15(17)25-9-7-13(21)8-10-25/h1-6,11,13H,7-10,21H2,(H4,22,23,24,26). The molecular weight excluding hydrogens is 366 g/mol. The van der Waals surface area contributed by atoms with Crippen molar-refractivity contribution in [2.24, 2.45) is 22.2 Å². The highest BCUT2D eigenvalue weighted by Gasteiger charge is 2.21. The van der Waals surface area contributed by atoms with Gasteiger partial charge in [0.2, 0.25) is 0 Å². The van der Waals surface area contributed by atoms with Crippen molar-refractivity contribution in [1.29, 1.82) is 0 Å². The highest BCUT2D eigenvalue weighted by atomic mass is 35.5. The second-order valence-corrected chi connectivity index (χ2v) is 6.79. The van der Waals surface area contributed by atoms with Gasteiger partial charge in [-0.2, -0.15) is 4.99 Å². The fourth-order valence-electron chi connectivity index (χ4n) is 2.95. The van der Waals surface area contributed by atoms with E-state index < -0.39 is 5.91 Å². The summed E-state index contributed by atoms with van der Waals surface area (Å²) < 4.78 is 6.03. The minimum Gasteiger partial charge on any atom is -0.454 e. The van der Waals surface area contributed by atoms with Crippen LogP contribution < -0.4 is 26.8 Å². The Morgan fingerprint density at radius 1 is 1.11 bits per heavy atom. The molecule has 8 heteroatoms. The molecule has 1 saturated heterocycles. The number of nitrogens with two attached hydrogens (primary N) is 3. The van der Waals surface area contributed by atoms with E-state index in [1.807, 2.05) is 12.1 Å². The zero-order valence-corrected chi connectivity index (χ0v) is 15.5. The van der Waals surface area contributed by atoms with Gasteiger partial charge in [-0.25, -0.2) is 0 Å². The molecule has 0 radical (unpaired) electrons. The summed E-state index contributed by atoms with van der Waals surface area (Å²) in [6, 6.07) is 12.5. The van der Waals surface area contributed by atoms with Gasteiger partial charge in [0.1, 0.15) is 5.75 Å². The molecule has 1 aliphatic heterocycles. The topological polar surface area (TPSA) is 120 Å². The number of hydrogen-bond donors (Lipinski definition) is 3. The zero-order valence-electron chi connectivity index (χ0n) is 14.8. The zero-order chi connectivity index (χ0) is 19.4. The number of para-hydroxylation sites is 1. The van der Waals surface area contributed by atoms with Crippen molar-refractivity contribution in [3.8, 4) is 11.5 Å². The Morgan fingerprint density at radius 2 is 1.81 bits per heavy atom. The Kier molecular flexibility index (Phi) is 5.83. The largest absolute Gasteiger partial charge is 0.454 e. The van der Waals surface area contributed by atoms with Gasteiger partial charge in [0.15, 0.2) is 11.7 Å². The molecule has 1 amide bonds. The third kappa shape index (κ3) is 4.69. The molecule has 2 aromatic rings. The highest BCUT2D eigenvalue weighted by molar-refractivity contribution is 6.32. The Labute approximate surface area is 162 Å². The number of halogens is 1. The second kappa shape index (κ2) is 8.28. The summed E-state index contributed by atoms with van der Waals surface area (Å²) >= 11 is 6.22. The van der Waals surface area contributed by atoms with Gasteiger partial charge in [-0.05, 0) is 43.2 Å². The lowest BCUT2D eigenvalue weighted by Gasteiger charge is -2.33.